The van der Waals surface area contributed by atoms with Crippen LogP contribution in [0.3, 0.4) is 0 Å². The molecule has 0 heterocycles. The number of nitro groups is 1. The van der Waals surface area contributed by atoms with E-state index in [-0.39, 0.29) is 11.4 Å². The van der Waals surface area contributed by atoms with Crippen molar-refractivity contribution >= 4 is 39.1 Å². The van der Waals surface area contributed by atoms with Gasteiger partial charge in [0.1, 0.15) is 6.54 Å². The first-order valence-electron chi connectivity index (χ1n) is 8.44. The van der Waals surface area contributed by atoms with Crippen molar-refractivity contribution in [3.63, 3.8) is 0 Å². The summed E-state index contributed by atoms with van der Waals surface area (Å²) in [5.74, 6) is 0.340. The van der Waals surface area contributed by atoms with Crippen LogP contribution in [0.25, 0.3) is 0 Å². The average Bonchev–Trinajstić information content (AvgIpc) is 2.66. The highest BCUT2D eigenvalue weighted by Gasteiger charge is 2.22. The van der Waals surface area contributed by atoms with Crippen LogP contribution in [0.2, 0.25) is 0 Å². The maximum absolute atomic E-state index is 12.2. The lowest BCUT2D eigenvalue weighted by molar-refractivity contribution is -0.384. The first-order valence-corrected chi connectivity index (χ1v) is 11.3. The summed E-state index contributed by atoms with van der Waals surface area (Å²) in [7, 11) is -3.78. The van der Waals surface area contributed by atoms with Gasteiger partial charge in [0, 0.05) is 23.6 Å². The van der Waals surface area contributed by atoms with Crippen LogP contribution in [0.4, 0.5) is 11.4 Å². The summed E-state index contributed by atoms with van der Waals surface area (Å²) in [5, 5.41) is 13.6. The van der Waals surface area contributed by atoms with Gasteiger partial charge in [-0.3, -0.25) is 19.2 Å². The van der Waals surface area contributed by atoms with Gasteiger partial charge in [-0.15, -0.1) is 11.8 Å². The summed E-state index contributed by atoms with van der Waals surface area (Å²) in [6, 6.07) is 15.1. The quantitative estimate of drug-likeness (QED) is 0.272. The second-order valence-corrected chi connectivity index (χ2v) is 8.99. The molecule has 0 aliphatic heterocycles. The van der Waals surface area contributed by atoms with E-state index in [0.29, 0.717) is 6.54 Å². The van der Waals surface area contributed by atoms with Crippen LogP contribution >= 0.6 is 11.8 Å². The predicted octanol–water partition coefficient (Wildman–Crippen LogP) is 2.66. The Hall–Kier alpha value is -2.59. The van der Waals surface area contributed by atoms with Crippen LogP contribution in [-0.2, 0) is 14.8 Å². The molecule has 0 saturated carbocycles. The van der Waals surface area contributed by atoms with Crippen molar-refractivity contribution in [2.75, 3.05) is 29.4 Å². The number of hydrogen-bond donors (Lipinski definition) is 1. The van der Waals surface area contributed by atoms with E-state index >= 15 is 0 Å². The van der Waals surface area contributed by atoms with Crippen LogP contribution in [0.15, 0.2) is 59.5 Å². The summed E-state index contributed by atoms with van der Waals surface area (Å²) in [5.41, 5.74) is -0.170. The number of rotatable bonds is 10. The predicted molar refractivity (Wildman–Crippen MR) is 110 cm³/mol. The van der Waals surface area contributed by atoms with Crippen LogP contribution in [0, 0.1) is 10.1 Å². The molecule has 0 atom stereocenters. The van der Waals surface area contributed by atoms with E-state index < -0.39 is 27.4 Å². The zero-order valence-electron chi connectivity index (χ0n) is 15.3. The number of nitrogens with zero attached hydrogens (tertiary/aromatic N) is 2. The van der Waals surface area contributed by atoms with Gasteiger partial charge in [-0.1, -0.05) is 24.3 Å². The molecule has 0 radical (unpaired) electrons. The normalized spacial score (nSPS) is 11.0. The molecule has 8 nitrogen and oxygen atoms in total. The SMILES string of the molecule is CS(=O)(=O)N(CC(=O)NCCCSc1ccccc1)c1cccc([N+](=O)[O-])c1. The maximum Gasteiger partial charge on any atom is 0.271 e. The van der Waals surface area contributed by atoms with Gasteiger partial charge < -0.3 is 5.32 Å². The first-order chi connectivity index (χ1) is 13.3. The van der Waals surface area contributed by atoms with Gasteiger partial charge in [-0.25, -0.2) is 8.42 Å². The second kappa shape index (κ2) is 10.1. The third kappa shape index (κ3) is 6.86. The van der Waals surface area contributed by atoms with Crippen molar-refractivity contribution in [2.24, 2.45) is 0 Å². The van der Waals surface area contributed by atoms with E-state index in [0.717, 1.165) is 33.7 Å². The monoisotopic (exact) mass is 423 g/mol. The van der Waals surface area contributed by atoms with E-state index in [1.54, 1.807) is 11.8 Å². The Morgan fingerprint density at radius 1 is 1.18 bits per heavy atom. The Morgan fingerprint density at radius 3 is 2.54 bits per heavy atom. The number of thioether (sulfide) groups is 1. The fourth-order valence-corrected chi connectivity index (χ4v) is 4.08. The van der Waals surface area contributed by atoms with E-state index in [9.17, 15) is 23.3 Å². The van der Waals surface area contributed by atoms with Gasteiger partial charge >= 0.3 is 0 Å². The molecule has 0 aliphatic rings. The van der Waals surface area contributed by atoms with Crippen molar-refractivity contribution in [1.82, 2.24) is 5.32 Å². The third-order valence-corrected chi connectivity index (χ3v) is 5.91. The third-order valence-electron chi connectivity index (χ3n) is 3.67. The van der Waals surface area contributed by atoms with Gasteiger partial charge in [-0.05, 0) is 30.4 Å². The number of carbonyl (C=O) groups excluding carboxylic acids is 1. The number of hydrogen-bond acceptors (Lipinski definition) is 6. The molecule has 1 amide bonds. The van der Waals surface area contributed by atoms with E-state index in [4.69, 9.17) is 0 Å². The van der Waals surface area contributed by atoms with Crippen molar-refractivity contribution in [3.05, 3.63) is 64.7 Å². The lowest BCUT2D eigenvalue weighted by atomic mass is 10.3. The first kappa shape index (κ1) is 21.7. The highest BCUT2D eigenvalue weighted by molar-refractivity contribution is 7.99. The lowest BCUT2D eigenvalue weighted by Gasteiger charge is -2.21. The van der Waals surface area contributed by atoms with Crippen LogP contribution in [-0.4, -0.2) is 44.3 Å². The lowest BCUT2D eigenvalue weighted by Crippen LogP contribution is -2.40. The van der Waals surface area contributed by atoms with Crippen LogP contribution in [0.5, 0.6) is 0 Å². The zero-order chi connectivity index (χ0) is 20.6. The number of anilines is 1. The Morgan fingerprint density at radius 2 is 1.89 bits per heavy atom. The molecular weight excluding hydrogens is 402 g/mol. The minimum absolute atomic E-state index is 0.0754. The van der Waals surface area contributed by atoms with Crippen molar-refractivity contribution in [2.45, 2.75) is 11.3 Å². The highest BCUT2D eigenvalue weighted by Crippen LogP contribution is 2.23. The topological polar surface area (TPSA) is 110 Å². The van der Waals surface area contributed by atoms with E-state index in [2.05, 4.69) is 5.32 Å². The molecule has 0 aromatic heterocycles. The molecule has 0 unspecified atom stereocenters. The summed E-state index contributed by atoms with van der Waals surface area (Å²) >= 11 is 1.67. The smallest absolute Gasteiger partial charge is 0.271 e. The minimum atomic E-state index is -3.78. The molecule has 1 N–H and O–H groups in total. The van der Waals surface area contributed by atoms with E-state index in [1.807, 2.05) is 30.3 Å². The van der Waals surface area contributed by atoms with E-state index in [1.165, 1.54) is 18.2 Å². The van der Waals surface area contributed by atoms with Crippen molar-refractivity contribution in [3.8, 4) is 0 Å². The second-order valence-electron chi connectivity index (χ2n) is 5.91. The van der Waals surface area contributed by atoms with Gasteiger partial charge in [0.15, 0.2) is 0 Å². The highest BCUT2D eigenvalue weighted by atomic mass is 32.2. The Bertz CT molecular complexity index is 920. The van der Waals surface area contributed by atoms with Crippen LogP contribution in [0.1, 0.15) is 6.42 Å². The molecule has 2 aromatic rings. The molecule has 2 rings (SSSR count). The van der Waals surface area contributed by atoms with Gasteiger partial charge in [0.05, 0.1) is 16.9 Å². The molecular formula is C18H21N3O5S2. The number of nitrogens with one attached hydrogen (secondary N) is 1. The number of amides is 1. The summed E-state index contributed by atoms with van der Waals surface area (Å²) in [6.07, 6.45) is 1.68. The number of sulfonamides is 1. The Balaban J connectivity index is 1.89. The molecule has 0 aliphatic carbocycles. The van der Waals surface area contributed by atoms with Gasteiger partial charge in [0.2, 0.25) is 15.9 Å². The van der Waals surface area contributed by atoms with Crippen LogP contribution < -0.4 is 9.62 Å². The summed E-state index contributed by atoms with van der Waals surface area (Å²) in [4.78, 5) is 23.6. The average molecular weight is 424 g/mol. The number of nitro benzene ring substituents is 1. The summed E-state index contributed by atoms with van der Waals surface area (Å²) < 4.78 is 25.0. The number of non-ortho nitro benzene ring substituents is 1. The Kier molecular flexibility index (Phi) is 7.82. The number of carbonyl (C=O) groups is 1. The van der Waals surface area contributed by atoms with Gasteiger partial charge in [-0.2, -0.15) is 0 Å². The largest absolute Gasteiger partial charge is 0.354 e. The molecule has 0 bridgehead atoms. The standard InChI is InChI=1S/C18H21N3O5S2/c1-28(25,26)20(15-7-5-8-16(13-15)21(23)24)14-18(22)19-11-6-12-27-17-9-3-2-4-10-17/h2-5,7-10,13H,6,11-12,14H2,1H3,(H,19,22). The van der Waals surface area contributed by atoms with Crippen molar-refractivity contribution < 1.29 is 18.1 Å². The molecule has 0 spiro atoms. The van der Waals surface area contributed by atoms with Crippen molar-refractivity contribution in [1.29, 1.82) is 0 Å². The zero-order valence-corrected chi connectivity index (χ0v) is 16.9. The minimum Gasteiger partial charge on any atom is -0.354 e. The summed E-state index contributed by atoms with van der Waals surface area (Å²) in [6.45, 7) is -0.0307. The molecule has 0 saturated heterocycles. The fourth-order valence-electron chi connectivity index (χ4n) is 2.35. The maximum atomic E-state index is 12.2. The molecule has 28 heavy (non-hydrogen) atoms. The molecule has 2 aromatic carbocycles. The molecule has 150 valence electrons. The fraction of sp³-hybridized carbons (Fsp3) is 0.278. The molecule has 0 fully saturated rings. The molecule has 10 heteroatoms. The van der Waals surface area contributed by atoms with Gasteiger partial charge in [0.25, 0.3) is 5.69 Å². The number of benzene rings is 2. The Labute approximate surface area is 168 Å².